The number of rotatable bonds is 3. The molecule has 24 heavy (non-hydrogen) atoms. The normalized spacial score (nSPS) is 10.6. The van der Waals surface area contributed by atoms with Gasteiger partial charge in [0.15, 0.2) is 5.58 Å². The molecule has 7 heteroatoms. The molecule has 0 aliphatic heterocycles. The average molecular weight is 321 g/mol. The Morgan fingerprint density at radius 2 is 2.17 bits per heavy atom. The Labute approximate surface area is 138 Å². The number of nitrogens with one attached hydrogen (secondary N) is 2. The van der Waals surface area contributed by atoms with Crippen molar-refractivity contribution < 1.29 is 9.21 Å². The summed E-state index contributed by atoms with van der Waals surface area (Å²) in [6, 6.07) is 8.93. The molecule has 2 heterocycles. The first-order chi connectivity index (χ1) is 11.6. The first-order valence-corrected chi connectivity index (χ1v) is 7.39. The largest absolute Gasteiger partial charge is 0.422 e. The molecule has 3 aromatic rings. The van der Waals surface area contributed by atoms with Crippen molar-refractivity contribution in [1.82, 2.24) is 15.3 Å². The standard InChI is InChI=1S/C17H15N5O2/c1-10(2)20-16(23)22-17-21-14-7-12(11-4-3-5-19-9-11)6-13(8-18)15(14)24-17/h3-7,9-10H,1-2H3,(H2,20,21,22,23). The van der Waals surface area contributed by atoms with Gasteiger partial charge in [0.1, 0.15) is 11.6 Å². The highest BCUT2D eigenvalue weighted by atomic mass is 16.4. The van der Waals surface area contributed by atoms with Gasteiger partial charge in [-0.2, -0.15) is 10.2 Å². The Hall–Kier alpha value is -3.40. The molecule has 0 saturated carbocycles. The van der Waals surface area contributed by atoms with Gasteiger partial charge in [0.25, 0.3) is 0 Å². The molecule has 120 valence electrons. The maximum absolute atomic E-state index is 11.7. The van der Waals surface area contributed by atoms with Gasteiger partial charge in [0, 0.05) is 24.0 Å². The lowest BCUT2D eigenvalue weighted by atomic mass is 10.0. The molecule has 0 atom stereocenters. The van der Waals surface area contributed by atoms with Crippen molar-refractivity contribution >= 4 is 23.1 Å². The first kappa shape index (κ1) is 15.5. The quantitative estimate of drug-likeness (QED) is 0.770. The molecule has 2 N–H and O–H groups in total. The maximum Gasteiger partial charge on any atom is 0.323 e. The number of hydrogen-bond acceptors (Lipinski definition) is 5. The molecule has 0 aliphatic carbocycles. The van der Waals surface area contributed by atoms with Gasteiger partial charge in [-0.05, 0) is 37.6 Å². The fourth-order valence-electron chi connectivity index (χ4n) is 2.26. The summed E-state index contributed by atoms with van der Waals surface area (Å²) in [6.07, 6.45) is 3.39. The van der Waals surface area contributed by atoms with Gasteiger partial charge in [-0.15, -0.1) is 0 Å². The highest BCUT2D eigenvalue weighted by molar-refractivity contribution is 5.91. The van der Waals surface area contributed by atoms with E-state index >= 15 is 0 Å². The Morgan fingerprint density at radius 3 is 2.83 bits per heavy atom. The van der Waals surface area contributed by atoms with Crippen LogP contribution in [0.4, 0.5) is 10.8 Å². The van der Waals surface area contributed by atoms with Crippen molar-refractivity contribution in [2.45, 2.75) is 19.9 Å². The van der Waals surface area contributed by atoms with Crippen LogP contribution in [0, 0.1) is 11.3 Å². The monoisotopic (exact) mass is 321 g/mol. The number of oxazole rings is 1. The van der Waals surface area contributed by atoms with Gasteiger partial charge in [-0.3, -0.25) is 10.3 Å². The van der Waals surface area contributed by atoms with E-state index in [1.165, 1.54) is 0 Å². The van der Waals surface area contributed by atoms with E-state index in [1.807, 2.05) is 26.0 Å². The van der Waals surface area contributed by atoms with Crippen molar-refractivity contribution in [3.8, 4) is 17.2 Å². The van der Waals surface area contributed by atoms with Crippen LogP contribution in [0.1, 0.15) is 19.4 Å². The highest BCUT2D eigenvalue weighted by Crippen LogP contribution is 2.29. The molecule has 7 nitrogen and oxygen atoms in total. The molecular weight excluding hydrogens is 306 g/mol. The van der Waals surface area contributed by atoms with Crippen LogP contribution in [-0.2, 0) is 0 Å². The third-order valence-electron chi connectivity index (χ3n) is 3.25. The number of urea groups is 1. The highest BCUT2D eigenvalue weighted by Gasteiger charge is 2.15. The number of nitrogens with zero attached hydrogens (tertiary/aromatic N) is 3. The van der Waals surface area contributed by atoms with Gasteiger partial charge < -0.3 is 9.73 Å². The number of benzene rings is 1. The lowest BCUT2D eigenvalue weighted by Crippen LogP contribution is -2.34. The minimum atomic E-state index is -0.414. The fraction of sp³-hybridized carbons (Fsp3) is 0.176. The molecule has 0 saturated heterocycles. The first-order valence-electron chi connectivity index (χ1n) is 7.39. The van der Waals surface area contributed by atoms with Crippen LogP contribution < -0.4 is 10.6 Å². The predicted molar refractivity (Wildman–Crippen MR) is 89.2 cm³/mol. The molecule has 1 aromatic carbocycles. The van der Waals surface area contributed by atoms with E-state index in [4.69, 9.17) is 4.42 Å². The third-order valence-corrected chi connectivity index (χ3v) is 3.25. The number of carbonyl (C=O) groups excluding carboxylic acids is 1. The number of fused-ring (bicyclic) bond motifs is 1. The van der Waals surface area contributed by atoms with Crippen LogP contribution in [0.2, 0.25) is 0 Å². The van der Waals surface area contributed by atoms with E-state index in [0.29, 0.717) is 16.7 Å². The van der Waals surface area contributed by atoms with Crippen LogP contribution in [0.25, 0.3) is 22.2 Å². The van der Waals surface area contributed by atoms with Gasteiger partial charge in [0.05, 0.1) is 5.56 Å². The van der Waals surface area contributed by atoms with Crippen LogP contribution in [0.3, 0.4) is 0 Å². The predicted octanol–water partition coefficient (Wildman–Crippen LogP) is 3.29. The summed E-state index contributed by atoms with van der Waals surface area (Å²) in [5, 5.41) is 14.6. The van der Waals surface area contributed by atoms with Crippen molar-refractivity contribution in [3.05, 3.63) is 42.2 Å². The van der Waals surface area contributed by atoms with E-state index < -0.39 is 6.03 Å². The van der Waals surface area contributed by atoms with Crippen molar-refractivity contribution in [2.24, 2.45) is 0 Å². The van der Waals surface area contributed by atoms with Crippen molar-refractivity contribution in [3.63, 3.8) is 0 Å². The van der Waals surface area contributed by atoms with Gasteiger partial charge in [-0.1, -0.05) is 6.07 Å². The summed E-state index contributed by atoms with van der Waals surface area (Å²) in [4.78, 5) is 20.1. The van der Waals surface area contributed by atoms with Crippen LogP contribution in [0.5, 0.6) is 0 Å². The van der Waals surface area contributed by atoms with Crippen LogP contribution >= 0.6 is 0 Å². The van der Waals surface area contributed by atoms with Gasteiger partial charge in [0.2, 0.25) is 0 Å². The minimum absolute atomic E-state index is 0.0127. The summed E-state index contributed by atoms with van der Waals surface area (Å²) in [7, 11) is 0. The summed E-state index contributed by atoms with van der Waals surface area (Å²) in [5.41, 5.74) is 2.85. The molecule has 0 aliphatic rings. The van der Waals surface area contributed by atoms with E-state index in [9.17, 15) is 10.1 Å². The van der Waals surface area contributed by atoms with Gasteiger partial charge >= 0.3 is 12.0 Å². The molecule has 0 radical (unpaired) electrons. The lowest BCUT2D eigenvalue weighted by Gasteiger charge is -2.06. The zero-order valence-electron chi connectivity index (χ0n) is 13.2. The SMILES string of the molecule is CC(C)NC(=O)Nc1nc2cc(-c3cccnc3)cc(C#N)c2o1. The lowest BCUT2D eigenvalue weighted by molar-refractivity contribution is 0.249. The Balaban J connectivity index is 2.00. The Bertz CT molecular complexity index is 925. The average Bonchev–Trinajstić information content (AvgIpc) is 2.96. The summed E-state index contributed by atoms with van der Waals surface area (Å²) >= 11 is 0. The number of carbonyl (C=O) groups is 1. The molecule has 0 spiro atoms. The van der Waals surface area contributed by atoms with Crippen molar-refractivity contribution in [2.75, 3.05) is 5.32 Å². The van der Waals surface area contributed by atoms with E-state index in [-0.39, 0.29) is 12.1 Å². The second-order valence-corrected chi connectivity index (χ2v) is 5.50. The second kappa shape index (κ2) is 6.38. The number of aromatic nitrogens is 2. The second-order valence-electron chi connectivity index (χ2n) is 5.50. The molecule has 0 unspecified atom stereocenters. The van der Waals surface area contributed by atoms with E-state index in [0.717, 1.165) is 11.1 Å². The van der Waals surface area contributed by atoms with E-state index in [1.54, 1.807) is 24.5 Å². The maximum atomic E-state index is 11.7. The smallest absolute Gasteiger partial charge is 0.323 e. The van der Waals surface area contributed by atoms with Crippen LogP contribution in [0.15, 0.2) is 41.1 Å². The number of pyridine rings is 1. The Morgan fingerprint density at radius 1 is 1.33 bits per heavy atom. The Kier molecular flexibility index (Phi) is 4.12. The van der Waals surface area contributed by atoms with Crippen molar-refractivity contribution in [1.29, 1.82) is 5.26 Å². The molecular formula is C17H15N5O2. The number of nitriles is 1. The zero-order chi connectivity index (χ0) is 17.1. The molecule has 2 amide bonds. The van der Waals surface area contributed by atoms with Crippen LogP contribution in [-0.4, -0.2) is 22.0 Å². The molecule has 0 bridgehead atoms. The number of amides is 2. The minimum Gasteiger partial charge on any atom is -0.422 e. The molecule has 3 rings (SSSR count). The third kappa shape index (κ3) is 3.17. The zero-order valence-corrected chi connectivity index (χ0v) is 13.2. The topological polar surface area (TPSA) is 104 Å². The number of anilines is 1. The fourth-order valence-corrected chi connectivity index (χ4v) is 2.26. The molecule has 2 aromatic heterocycles. The summed E-state index contributed by atoms with van der Waals surface area (Å²) in [5.74, 6) is 0. The summed E-state index contributed by atoms with van der Waals surface area (Å²) in [6.45, 7) is 3.69. The van der Waals surface area contributed by atoms with E-state index in [2.05, 4.69) is 26.7 Å². The number of hydrogen-bond donors (Lipinski definition) is 2. The summed E-state index contributed by atoms with van der Waals surface area (Å²) < 4.78 is 5.51. The van der Waals surface area contributed by atoms with Gasteiger partial charge in [-0.25, -0.2) is 4.79 Å². The molecule has 0 fully saturated rings.